The summed E-state index contributed by atoms with van der Waals surface area (Å²) in [6.45, 7) is 21.6. The molecule has 416 valence electrons. The van der Waals surface area contributed by atoms with Crippen LogP contribution in [0.15, 0.2) is 85.5 Å². The monoisotopic (exact) mass is 1130 g/mol. The lowest BCUT2D eigenvalue weighted by Crippen LogP contribution is -2.49. The number of nitrogens with zero attached hydrogens (tertiary/aromatic N) is 8. The van der Waals surface area contributed by atoms with Crippen LogP contribution in [0.2, 0.25) is 0 Å². The summed E-state index contributed by atoms with van der Waals surface area (Å²) >= 11 is 0. The van der Waals surface area contributed by atoms with Crippen molar-refractivity contribution >= 4 is 56.2 Å². The highest BCUT2D eigenvalue weighted by Crippen LogP contribution is 2.62. The van der Waals surface area contributed by atoms with Crippen LogP contribution in [0, 0.1) is 13.1 Å². The molecule has 0 spiro atoms. The van der Waals surface area contributed by atoms with Crippen LogP contribution in [0.1, 0.15) is 84.3 Å². The Bertz CT molecular complexity index is 3430. The zero-order chi connectivity index (χ0) is 56.1. The smallest absolute Gasteiger partial charge is 0.462 e. The van der Waals surface area contributed by atoms with Gasteiger partial charge in [0.25, 0.3) is 0 Å². The zero-order valence-electron chi connectivity index (χ0n) is 42.4. The van der Waals surface area contributed by atoms with Gasteiger partial charge in [-0.1, -0.05) is 31.2 Å². The molecule has 0 radical (unpaired) electrons. The van der Waals surface area contributed by atoms with Crippen LogP contribution in [0.5, 0.6) is 11.5 Å². The van der Waals surface area contributed by atoms with Crippen molar-refractivity contribution in [3.05, 3.63) is 131 Å². The van der Waals surface area contributed by atoms with Crippen molar-refractivity contribution in [2.45, 2.75) is 88.1 Å². The molecule has 5 N–H and O–H groups in total. The number of rotatable bonds is 12. The molecule has 11 rings (SSSR count). The number of nitrogen functional groups attached to an aromatic ring is 2. The Morgan fingerprint density at radius 1 is 0.709 bits per heavy atom. The summed E-state index contributed by atoms with van der Waals surface area (Å²) < 4.78 is 96.0. The Morgan fingerprint density at radius 3 is 1.65 bits per heavy atom. The van der Waals surface area contributed by atoms with Crippen molar-refractivity contribution in [3.8, 4) is 11.5 Å². The fourth-order valence-corrected chi connectivity index (χ4v) is 11.8. The van der Waals surface area contributed by atoms with Gasteiger partial charge >= 0.3 is 45.0 Å². The maximum atomic E-state index is 13.7. The molecule has 0 amide bonds. The molecule has 5 saturated heterocycles. The van der Waals surface area contributed by atoms with Crippen molar-refractivity contribution in [2.24, 2.45) is 0 Å². The van der Waals surface area contributed by atoms with Gasteiger partial charge in [0.05, 0.1) is 24.6 Å². The van der Waals surface area contributed by atoms with Crippen LogP contribution >= 0.6 is 15.6 Å². The summed E-state index contributed by atoms with van der Waals surface area (Å²) in [5.41, 5.74) is 9.91. The van der Waals surface area contributed by atoms with Crippen LogP contribution in [-0.4, -0.2) is 128 Å². The van der Waals surface area contributed by atoms with Gasteiger partial charge in [-0.15, -0.1) is 0 Å². The third kappa shape index (κ3) is 11.2. The number of fused-ring (bicyclic) bond motifs is 4. The standard InChI is InChI=1S/C24H24N5O9P.C21H20N5O8P.C4H8O/c1-4-18(30)35-20-19(15-10-11-16-22(25)27-13-28-29(15)16)36-24(26-3)12-34-39(32,38-21(20)24)37-17-9-7-6-8-14(17)23(31)33-5-2;1-3-30-20(28)12-6-4-5-7-15(12)33-35(29)31-10-21(23-2)18(34-35)16(27)17(32-21)13-8-9-14-19(22)24-11-25-26(13)14;1-2-4-5-3-1/h6-11,13,19-21H,4-5,12H2,1-2H3,(H2,25,27,28);4-9,11,16-18,27H,3,10H2,1H3,(H2,22,24,25);1-4H2/t19-,20-,21-,24+,39?;16-,17-,18-,21+,35?;/m00./s1. The molecule has 5 aliphatic rings. The van der Waals surface area contributed by atoms with Crippen molar-refractivity contribution < 1.29 is 84.2 Å². The van der Waals surface area contributed by atoms with Gasteiger partial charge in [0, 0.05) is 19.6 Å². The number of phosphoric ester groups is 2. The van der Waals surface area contributed by atoms with Crippen LogP contribution < -0.4 is 20.5 Å². The molecule has 0 saturated carbocycles. The molecule has 79 heavy (non-hydrogen) atoms. The van der Waals surface area contributed by atoms with E-state index in [-0.39, 0.29) is 53.9 Å². The average Bonchev–Trinajstić information content (AvgIpc) is 4.44. The molecule has 0 aliphatic carbocycles. The predicted molar refractivity (Wildman–Crippen MR) is 270 cm³/mol. The first-order valence-corrected chi connectivity index (χ1v) is 27.5. The largest absolute Gasteiger partial charge is 0.531 e. The second-order valence-corrected chi connectivity index (χ2v) is 20.7. The second-order valence-electron chi connectivity index (χ2n) is 17.6. The highest BCUT2D eigenvalue weighted by molar-refractivity contribution is 7.49. The van der Waals surface area contributed by atoms with Crippen LogP contribution in [0.4, 0.5) is 11.6 Å². The molecular formula is C49H52N10O18P2. The van der Waals surface area contributed by atoms with E-state index in [1.54, 1.807) is 69.3 Å². The molecule has 5 aliphatic heterocycles. The number of aliphatic hydroxyl groups excluding tert-OH is 1. The Hall–Kier alpha value is -7.59. The summed E-state index contributed by atoms with van der Waals surface area (Å²) in [6.07, 6.45) is -2.60. The number of carbonyl (C=O) groups is 3. The lowest BCUT2D eigenvalue weighted by atomic mass is 10.0. The first-order chi connectivity index (χ1) is 38.0. The van der Waals surface area contributed by atoms with Crippen LogP contribution in [0.3, 0.4) is 0 Å². The molecular weight excluding hydrogens is 1080 g/mol. The average molecular weight is 1130 g/mol. The van der Waals surface area contributed by atoms with Gasteiger partial charge in [-0.05, 0) is 75.2 Å². The number of aliphatic hydroxyl groups is 1. The minimum absolute atomic E-state index is 0.00442. The van der Waals surface area contributed by atoms with E-state index < -0.39 is 94.8 Å². The quantitative estimate of drug-likeness (QED) is 0.0544. The van der Waals surface area contributed by atoms with Gasteiger partial charge in [0.1, 0.15) is 64.6 Å². The molecule has 5 fully saturated rings. The molecule has 28 nitrogen and oxygen atoms in total. The lowest BCUT2D eigenvalue weighted by molar-refractivity contribution is -0.155. The summed E-state index contributed by atoms with van der Waals surface area (Å²) in [4.78, 5) is 52.1. The fraction of sp³-hybridized carbons (Fsp3) is 0.408. The number of anilines is 2. The van der Waals surface area contributed by atoms with Gasteiger partial charge < -0.3 is 44.6 Å². The molecule has 6 aromatic rings. The number of para-hydroxylation sites is 2. The Labute approximate surface area is 449 Å². The highest BCUT2D eigenvalue weighted by atomic mass is 31.2. The highest BCUT2D eigenvalue weighted by Gasteiger charge is 2.71. The summed E-state index contributed by atoms with van der Waals surface area (Å²) in [7, 11) is -8.86. The van der Waals surface area contributed by atoms with E-state index in [0.717, 1.165) is 13.2 Å². The number of phosphoric acid groups is 2. The third-order valence-electron chi connectivity index (χ3n) is 12.7. The number of benzene rings is 2. The Morgan fingerprint density at radius 2 is 1.18 bits per heavy atom. The molecule has 4 aromatic heterocycles. The number of hydrogen-bond donors (Lipinski definition) is 3. The Kier molecular flexibility index (Phi) is 16.6. The summed E-state index contributed by atoms with van der Waals surface area (Å²) in [5, 5.41) is 19.4. The summed E-state index contributed by atoms with van der Waals surface area (Å²) in [5.74, 6) is -1.79. The number of esters is 3. The van der Waals surface area contributed by atoms with E-state index in [9.17, 15) is 28.6 Å². The normalized spacial score (nSPS) is 28.5. The molecule has 0 bridgehead atoms. The van der Waals surface area contributed by atoms with Gasteiger partial charge in [-0.2, -0.15) is 10.2 Å². The number of nitrogens with two attached hydrogens (primary N) is 2. The lowest BCUT2D eigenvalue weighted by Gasteiger charge is -2.32. The zero-order valence-corrected chi connectivity index (χ0v) is 44.2. The predicted octanol–water partition coefficient (Wildman–Crippen LogP) is 6.03. The maximum absolute atomic E-state index is 13.7. The van der Waals surface area contributed by atoms with Crippen LogP contribution in [0.25, 0.3) is 20.7 Å². The van der Waals surface area contributed by atoms with Crippen LogP contribution in [-0.2, 0) is 60.4 Å². The van der Waals surface area contributed by atoms with E-state index in [0.29, 0.717) is 22.4 Å². The molecule has 30 heteroatoms. The van der Waals surface area contributed by atoms with Gasteiger partial charge in [-0.25, -0.2) is 50.9 Å². The molecule has 9 heterocycles. The molecule has 2 aromatic carbocycles. The number of ether oxygens (including phenoxy) is 6. The first-order valence-electron chi connectivity index (χ1n) is 24.6. The van der Waals surface area contributed by atoms with E-state index in [4.69, 9.17) is 80.2 Å². The van der Waals surface area contributed by atoms with E-state index in [1.165, 1.54) is 58.8 Å². The van der Waals surface area contributed by atoms with Crippen molar-refractivity contribution in [1.82, 2.24) is 29.2 Å². The summed E-state index contributed by atoms with van der Waals surface area (Å²) in [6, 6.07) is 18.5. The van der Waals surface area contributed by atoms with Gasteiger partial charge in [-0.3, -0.25) is 42.1 Å². The van der Waals surface area contributed by atoms with Gasteiger partial charge in [0.2, 0.25) is 12.2 Å². The Balaban J connectivity index is 0.000000177. The number of aromatic nitrogens is 6. The maximum Gasteiger partial charge on any atom is 0.531 e. The number of carbonyl (C=O) groups excluding carboxylic acids is 3. The van der Waals surface area contributed by atoms with Crippen molar-refractivity contribution in [1.29, 1.82) is 0 Å². The molecule has 10 atom stereocenters. The SMILES string of the molecule is C1CCOC1.[C-]#[N+][C@@]12COP(=O)(Oc3ccccc3C(=O)OCC)O[C@H]1[C@@H](O)[C@H](c1ccc3c(N)ncnn13)O2.[C-]#[N+][C@@]12COP(=O)(Oc3ccccc3C(=O)OCC)O[C@H]1[C@@H](OC(=O)CC)[C@H](c1ccc3c(N)ncnn13)O2. The number of hydrogen-bond acceptors (Lipinski definition) is 24. The minimum atomic E-state index is -4.47. The van der Waals surface area contributed by atoms with E-state index in [1.807, 2.05) is 0 Å². The molecule has 2 unspecified atom stereocenters. The second kappa shape index (κ2) is 23.4. The van der Waals surface area contributed by atoms with Gasteiger partial charge in [0.15, 0.2) is 31.0 Å². The first kappa shape index (κ1) is 56.1. The topological polar surface area (TPSA) is 337 Å². The van der Waals surface area contributed by atoms with E-state index in [2.05, 4.69) is 29.9 Å². The third-order valence-corrected chi connectivity index (χ3v) is 15.4. The minimum Gasteiger partial charge on any atom is -0.462 e. The fourth-order valence-electron chi connectivity index (χ4n) is 8.89. The van der Waals surface area contributed by atoms with E-state index >= 15 is 0 Å². The van der Waals surface area contributed by atoms with Crippen molar-refractivity contribution in [2.75, 3.05) is 51.1 Å². The van der Waals surface area contributed by atoms with Crippen molar-refractivity contribution in [3.63, 3.8) is 0 Å².